The minimum absolute atomic E-state index is 0.0820. The number of benzene rings is 1. The maximum atomic E-state index is 14.1. The van der Waals surface area contributed by atoms with E-state index in [1.807, 2.05) is 0 Å². The zero-order chi connectivity index (χ0) is 15.7. The number of halogens is 2. The van der Waals surface area contributed by atoms with Crippen LogP contribution >= 0.6 is 11.6 Å². The third-order valence-electron chi connectivity index (χ3n) is 3.19. The Balaban J connectivity index is 2.61. The zero-order valence-corrected chi connectivity index (χ0v) is 12.6. The van der Waals surface area contributed by atoms with E-state index in [0.29, 0.717) is 5.70 Å². The van der Waals surface area contributed by atoms with E-state index < -0.39 is 17.9 Å². The molecule has 0 bridgehead atoms. The highest BCUT2D eigenvalue weighted by Crippen LogP contribution is 2.33. The molecule has 1 aromatic carbocycles. The number of carbonyl (C=O) groups is 2. The fraction of sp³-hybridized carbons (Fsp3) is 0.286. The third kappa shape index (κ3) is 2.85. The van der Waals surface area contributed by atoms with Gasteiger partial charge < -0.3 is 15.5 Å². The Labute approximate surface area is 126 Å². The number of rotatable bonds is 2. The van der Waals surface area contributed by atoms with Crippen LogP contribution in [0.2, 0.25) is 5.02 Å². The average molecular weight is 312 g/mol. The van der Waals surface area contributed by atoms with Crippen LogP contribution in [0.15, 0.2) is 29.5 Å². The molecule has 2 N–H and O–H groups in total. The Bertz CT molecular complexity index is 623. The van der Waals surface area contributed by atoms with Gasteiger partial charge in [0.05, 0.1) is 11.6 Å². The van der Waals surface area contributed by atoms with Gasteiger partial charge in [0.25, 0.3) is 5.91 Å². The molecule has 3 amide bonds. The van der Waals surface area contributed by atoms with Crippen molar-refractivity contribution in [3.05, 3.63) is 45.9 Å². The van der Waals surface area contributed by atoms with Crippen LogP contribution in [0.1, 0.15) is 18.5 Å². The van der Waals surface area contributed by atoms with Crippen molar-refractivity contribution in [1.82, 2.24) is 15.5 Å². The number of nitrogens with zero attached hydrogens (tertiary/aromatic N) is 1. The van der Waals surface area contributed by atoms with Crippen LogP contribution in [0.4, 0.5) is 9.18 Å². The van der Waals surface area contributed by atoms with E-state index in [9.17, 15) is 14.0 Å². The summed E-state index contributed by atoms with van der Waals surface area (Å²) >= 11 is 6.05. The molecule has 7 heteroatoms. The summed E-state index contributed by atoms with van der Waals surface area (Å²) in [5.41, 5.74) is 0.715. The summed E-state index contributed by atoms with van der Waals surface area (Å²) in [6, 6.07) is 2.78. The van der Waals surface area contributed by atoms with E-state index in [1.54, 1.807) is 21.0 Å². The molecule has 21 heavy (non-hydrogen) atoms. The number of allylic oxidation sites excluding steroid dienone is 1. The normalized spacial score (nSPS) is 18.1. The van der Waals surface area contributed by atoms with Crippen LogP contribution in [0.25, 0.3) is 0 Å². The largest absolute Gasteiger partial charge is 0.345 e. The van der Waals surface area contributed by atoms with E-state index in [0.717, 1.165) is 0 Å². The lowest BCUT2D eigenvalue weighted by Gasteiger charge is -2.30. The second kappa shape index (κ2) is 5.73. The van der Waals surface area contributed by atoms with Gasteiger partial charge in [-0.1, -0.05) is 17.7 Å². The van der Waals surface area contributed by atoms with E-state index in [-0.39, 0.29) is 22.1 Å². The average Bonchev–Trinajstić information content (AvgIpc) is 2.37. The Morgan fingerprint density at radius 3 is 2.62 bits per heavy atom. The molecule has 0 fully saturated rings. The number of hydrogen-bond acceptors (Lipinski definition) is 2. The molecule has 2 rings (SSSR count). The van der Waals surface area contributed by atoms with Crippen molar-refractivity contribution >= 4 is 23.5 Å². The first-order valence-electron chi connectivity index (χ1n) is 6.26. The first-order chi connectivity index (χ1) is 9.82. The lowest BCUT2D eigenvalue weighted by molar-refractivity contribution is -0.125. The molecule has 1 aliphatic rings. The number of hydrogen-bond donors (Lipinski definition) is 2. The molecule has 0 aromatic heterocycles. The Morgan fingerprint density at radius 2 is 2.05 bits per heavy atom. The molecule has 1 aromatic rings. The summed E-state index contributed by atoms with van der Waals surface area (Å²) in [7, 11) is 3.16. The van der Waals surface area contributed by atoms with Gasteiger partial charge >= 0.3 is 6.03 Å². The topological polar surface area (TPSA) is 61.4 Å². The molecule has 0 saturated carbocycles. The molecule has 0 radical (unpaired) electrons. The minimum Gasteiger partial charge on any atom is -0.345 e. The summed E-state index contributed by atoms with van der Waals surface area (Å²) < 4.78 is 14.1. The van der Waals surface area contributed by atoms with E-state index >= 15 is 0 Å². The lowest BCUT2D eigenvalue weighted by atomic mass is 9.94. The fourth-order valence-electron chi connectivity index (χ4n) is 2.22. The quantitative estimate of drug-likeness (QED) is 0.879. The molecule has 112 valence electrons. The summed E-state index contributed by atoms with van der Waals surface area (Å²) in [5, 5.41) is 5.22. The van der Waals surface area contributed by atoms with Crippen molar-refractivity contribution in [2.45, 2.75) is 13.0 Å². The molecule has 0 spiro atoms. The summed E-state index contributed by atoms with van der Waals surface area (Å²) in [6.45, 7) is 1.59. The smallest absolute Gasteiger partial charge is 0.319 e. The summed E-state index contributed by atoms with van der Waals surface area (Å²) in [4.78, 5) is 25.4. The second-order valence-electron chi connectivity index (χ2n) is 4.91. The highest BCUT2D eigenvalue weighted by atomic mass is 35.5. The predicted molar refractivity (Wildman–Crippen MR) is 77.2 cm³/mol. The van der Waals surface area contributed by atoms with Gasteiger partial charge in [-0.15, -0.1) is 0 Å². The molecule has 0 aliphatic carbocycles. The van der Waals surface area contributed by atoms with Gasteiger partial charge in [-0.2, -0.15) is 0 Å². The van der Waals surface area contributed by atoms with E-state index in [1.165, 1.54) is 23.1 Å². The molecule has 1 aliphatic heterocycles. The highest BCUT2D eigenvalue weighted by molar-refractivity contribution is 6.31. The van der Waals surface area contributed by atoms with Crippen molar-refractivity contribution < 1.29 is 14.0 Å². The first-order valence-corrected chi connectivity index (χ1v) is 6.64. The van der Waals surface area contributed by atoms with Crippen LogP contribution < -0.4 is 10.6 Å². The summed E-state index contributed by atoms with van der Waals surface area (Å²) in [5.74, 6) is -0.907. The van der Waals surface area contributed by atoms with Gasteiger partial charge in [0.15, 0.2) is 0 Å². The van der Waals surface area contributed by atoms with Gasteiger partial charge in [0.1, 0.15) is 5.82 Å². The Hall–Kier alpha value is -2.08. The SMILES string of the molecule is CC1=C(C(=O)N(C)C)[C@H](c2c(F)cccc2Cl)NC(=O)N1. The molecule has 1 heterocycles. The van der Waals surface area contributed by atoms with Gasteiger partial charge in [-0.25, -0.2) is 9.18 Å². The van der Waals surface area contributed by atoms with E-state index in [2.05, 4.69) is 10.6 Å². The van der Waals surface area contributed by atoms with Crippen LogP contribution in [0.5, 0.6) is 0 Å². The van der Waals surface area contributed by atoms with Crippen molar-refractivity contribution in [2.24, 2.45) is 0 Å². The van der Waals surface area contributed by atoms with Crippen molar-refractivity contribution in [1.29, 1.82) is 0 Å². The van der Waals surface area contributed by atoms with Crippen LogP contribution in [-0.2, 0) is 4.79 Å². The van der Waals surface area contributed by atoms with Crippen LogP contribution in [0, 0.1) is 5.82 Å². The Kier molecular flexibility index (Phi) is 4.18. The molecular formula is C14H15ClFN3O2. The van der Waals surface area contributed by atoms with Gasteiger partial charge in [0, 0.05) is 30.4 Å². The Morgan fingerprint density at radius 1 is 1.38 bits per heavy atom. The fourth-order valence-corrected chi connectivity index (χ4v) is 2.49. The number of urea groups is 1. The molecule has 0 unspecified atom stereocenters. The van der Waals surface area contributed by atoms with Gasteiger partial charge in [-0.05, 0) is 19.1 Å². The maximum Gasteiger partial charge on any atom is 0.319 e. The number of likely N-dealkylation sites (N-methyl/N-ethyl adjacent to an activating group) is 1. The number of carbonyl (C=O) groups excluding carboxylic acids is 2. The van der Waals surface area contributed by atoms with Crippen LogP contribution in [-0.4, -0.2) is 30.9 Å². The lowest BCUT2D eigenvalue weighted by Crippen LogP contribution is -2.47. The van der Waals surface area contributed by atoms with Crippen molar-refractivity contribution in [3.63, 3.8) is 0 Å². The summed E-state index contributed by atoms with van der Waals surface area (Å²) in [6.07, 6.45) is 0. The molecule has 0 saturated heterocycles. The highest BCUT2D eigenvalue weighted by Gasteiger charge is 2.34. The predicted octanol–water partition coefficient (Wildman–Crippen LogP) is 2.20. The first kappa shape index (κ1) is 15.3. The maximum absolute atomic E-state index is 14.1. The number of amides is 3. The third-order valence-corrected chi connectivity index (χ3v) is 3.52. The van der Waals surface area contributed by atoms with E-state index in [4.69, 9.17) is 11.6 Å². The standard InChI is InChI=1S/C14H15ClFN3O2/c1-7-10(13(20)19(2)3)12(18-14(21)17-7)11-8(15)5-4-6-9(11)16/h4-6,12H,1-3H3,(H2,17,18,21)/t12-/m1/s1. The molecule has 1 atom stereocenters. The van der Waals surface area contributed by atoms with Gasteiger partial charge in [-0.3, -0.25) is 4.79 Å². The molecular weight excluding hydrogens is 297 g/mol. The van der Waals surface area contributed by atoms with Crippen molar-refractivity contribution in [2.75, 3.05) is 14.1 Å². The minimum atomic E-state index is -0.928. The molecule has 5 nitrogen and oxygen atoms in total. The second-order valence-corrected chi connectivity index (χ2v) is 5.31. The van der Waals surface area contributed by atoms with Gasteiger partial charge in [0.2, 0.25) is 0 Å². The monoisotopic (exact) mass is 311 g/mol. The zero-order valence-electron chi connectivity index (χ0n) is 11.8. The number of nitrogens with one attached hydrogen (secondary N) is 2. The van der Waals surface area contributed by atoms with Crippen LogP contribution in [0.3, 0.4) is 0 Å². The van der Waals surface area contributed by atoms with Crippen molar-refractivity contribution in [3.8, 4) is 0 Å².